The van der Waals surface area contributed by atoms with E-state index in [4.69, 9.17) is 11.6 Å². The van der Waals surface area contributed by atoms with E-state index in [2.05, 4.69) is 18.0 Å². The summed E-state index contributed by atoms with van der Waals surface area (Å²) in [5.41, 5.74) is 4.02. The van der Waals surface area contributed by atoms with Gasteiger partial charge in [-0.3, -0.25) is 4.79 Å². The Hall–Kier alpha value is -2.06. The van der Waals surface area contributed by atoms with Crippen LogP contribution in [0.15, 0.2) is 55.1 Å². The second-order valence-corrected chi connectivity index (χ2v) is 6.34. The molecule has 0 fully saturated rings. The molecule has 2 aromatic carbocycles. The largest absolute Gasteiger partial charge is 0.349 e. The summed E-state index contributed by atoms with van der Waals surface area (Å²) in [6.07, 6.45) is 3.31. The van der Waals surface area contributed by atoms with Crippen molar-refractivity contribution >= 4 is 17.5 Å². The third kappa shape index (κ3) is 5.26. The number of carbonyl (C=O) groups is 1. The Labute approximate surface area is 143 Å². The van der Waals surface area contributed by atoms with Gasteiger partial charge in [-0.1, -0.05) is 47.0 Å². The van der Waals surface area contributed by atoms with E-state index in [9.17, 15) is 4.79 Å². The van der Waals surface area contributed by atoms with E-state index >= 15 is 0 Å². The fourth-order valence-corrected chi connectivity index (χ4v) is 2.80. The first kappa shape index (κ1) is 17.3. The minimum absolute atomic E-state index is 0.0157. The molecule has 0 saturated carbocycles. The molecule has 1 amide bonds. The summed E-state index contributed by atoms with van der Waals surface area (Å²) in [7, 11) is 0. The van der Waals surface area contributed by atoms with Crippen LogP contribution in [0.25, 0.3) is 0 Å². The van der Waals surface area contributed by atoms with Crippen molar-refractivity contribution in [3.63, 3.8) is 0 Å². The molecule has 0 aromatic heterocycles. The summed E-state index contributed by atoms with van der Waals surface area (Å²) in [5, 5.41) is 3.82. The molecule has 0 aliphatic carbocycles. The highest BCUT2D eigenvalue weighted by molar-refractivity contribution is 6.30. The van der Waals surface area contributed by atoms with Crippen molar-refractivity contribution in [2.24, 2.45) is 0 Å². The number of rotatable bonds is 6. The van der Waals surface area contributed by atoms with Crippen molar-refractivity contribution < 1.29 is 4.79 Å². The lowest BCUT2D eigenvalue weighted by Gasteiger charge is -2.18. The molecule has 1 N–H and O–H groups in total. The normalized spacial score (nSPS) is 11.8. The minimum atomic E-state index is -0.0439. The quantitative estimate of drug-likeness (QED) is 0.753. The van der Waals surface area contributed by atoms with E-state index in [-0.39, 0.29) is 11.9 Å². The van der Waals surface area contributed by atoms with Crippen molar-refractivity contribution in [2.75, 3.05) is 0 Å². The third-order valence-electron chi connectivity index (χ3n) is 3.67. The van der Waals surface area contributed by atoms with E-state index in [1.807, 2.05) is 56.3 Å². The van der Waals surface area contributed by atoms with Gasteiger partial charge in [-0.2, -0.15) is 0 Å². The fraction of sp³-hybridized carbons (Fsp3) is 0.250. The molecule has 1 atom stereocenters. The average molecular weight is 328 g/mol. The van der Waals surface area contributed by atoms with Gasteiger partial charge < -0.3 is 5.32 Å². The van der Waals surface area contributed by atoms with Crippen LogP contribution >= 0.6 is 11.6 Å². The third-order valence-corrected chi connectivity index (χ3v) is 3.92. The van der Waals surface area contributed by atoms with Gasteiger partial charge in [0, 0.05) is 16.6 Å². The van der Waals surface area contributed by atoms with Gasteiger partial charge in [0.1, 0.15) is 0 Å². The Morgan fingerprint density at radius 3 is 2.35 bits per heavy atom. The number of hydrogen-bond acceptors (Lipinski definition) is 1. The molecule has 0 heterocycles. The maximum Gasteiger partial charge on any atom is 0.251 e. The van der Waals surface area contributed by atoms with Gasteiger partial charge in [0.25, 0.3) is 5.91 Å². The van der Waals surface area contributed by atoms with Gasteiger partial charge in [-0.25, -0.2) is 0 Å². The second kappa shape index (κ2) is 7.98. The molecule has 0 spiro atoms. The van der Waals surface area contributed by atoms with Crippen molar-refractivity contribution in [1.29, 1.82) is 0 Å². The summed E-state index contributed by atoms with van der Waals surface area (Å²) in [6, 6.07) is 13.6. The zero-order chi connectivity index (χ0) is 16.8. The predicted molar refractivity (Wildman–Crippen MR) is 97.1 cm³/mol. The summed E-state index contributed by atoms with van der Waals surface area (Å²) in [4.78, 5) is 12.5. The van der Waals surface area contributed by atoms with E-state index in [0.717, 1.165) is 29.5 Å². The van der Waals surface area contributed by atoms with E-state index < -0.39 is 0 Å². The van der Waals surface area contributed by atoms with E-state index in [1.165, 1.54) is 0 Å². The van der Waals surface area contributed by atoms with E-state index in [1.54, 1.807) is 0 Å². The molecule has 0 aliphatic rings. The van der Waals surface area contributed by atoms with Gasteiger partial charge in [0.15, 0.2) is 0 Å². The number of amides is 1. The Kier molecular flexibility index (Phi) is 6.00. The van der Waals surface area contributed by atoms with Crippen LogP contribution in [-0.2, 0) is 6.42 Å². The predicted octanol–water partition coefficient (Wildman–Crippen LogP) is 4.87. The van der Waals surface area contributed by atoms with Crippen LogP contribution in [0.4, 0.5) is 0 Å². The lowest BCUT2D eigenvalue weighted by molar-refractivity contribution is 0.0937. The van der Waals surface area contributed by atoms with Crippen LogP contribution < -0.4 is 5.32 Å². The maximum atomic E-state index is 12.5. The molecular weight excluding hydrogens is 306 g/mol. The molecule has 1 unspecified atom stereocenters. The zero-order valence-electron chi connectivity index (χ0n) is 13.6. The smallest absolute Gasteiger partial charge is 0.251 e. The second-order valence-electron chi connectivity index (χ2n) is 5.90. The Morgan fingerprint density at radius 1 is 1.17 bits per heavy atom. The van der Waals surface area contributed by atoms with Crippen molar-refractivity contribution in [3.05, 3.63) is 82.4 Å². The van der Waals surface area contributed by atoms with Crippen molar-refractivity contribution in [2.45, 2.75) is 32.7 Å². The number of carbonyl (C=O) groups excluding carboxylic acids is 1. The van der Waals surface area contributed by atoms with Gasteiger partial charge in [0.2, 0.25) is 0 Å². The fourth-order valence-electron chi connectivity index (χ4n) is 2.67. The molecule has 3 heteroatoms. The van der Waals surface area contributed by atoms with E-state index in [0.29, 0.717) is 10.6 Å². The van der Waals surface area contributed by atoms with Gasteiger partial charge in [0.05, 0.1) is 0 Å². The minimum Gasteiger partial charge on any atom is -0.349 e. The number of benzene rings is 2. The highest BCUT2D eigenvalue weighted by Crippen LogP contribution is 2.14. The first-order valence-electron chi connectivity index (χ1n) is 7.72. The molecule has 2 nitrogen and oxygen atoms in total. The highest BCUT2D eigenvalue weighted by Gasteiger charge is 2.14. The molecule has 0 radical (unpaired) electrons. The van der Waals surface area contributed by atoms with Gasteiger partial charge >= 0.3 is 0 Å². The molecule has 0 saturated heterocycles. The average Bonchev–Trinajstić information content (AvgIpc) is 2.49. The van der Waals surface area contributed by atoms with Crippen LogP contribution in [-0.4, -0.2) is 11.9 Å². The topological polar surface area (TPSA) is 29.1 Å². The van der Waals surface area contributed by atoms with Gasteiger partial charge in [-0.05, 0) is 56.5 Å². The summed E-state index contributed by atoms with van der Waals surface area (Å²) < 4.78 is 0. The molecule has 0 aliphatic heterocycles. The molecule has 0 bridgehead atoms. The van der Waals surface area contributed by atoms with Crippen LogP contribution in [0.3, 0.4) is 0 Å². The van der Waals surface area contributed by atoms with Crippen molar-refractivity contribution in [3.8, 4) is 0 Å². The molecule has 2 aromatic rings. The highest BCUT2D eigenvalue weighted by atomic mass is 35.5. The SMILES string of the molecule is C=CCC(Cc1ccc(Cl)cc1)NC(=O)c1cc(C)cc(C)c1. The summed E-state index contributed by atoms with van der Waals surface area (Å²) in [5.74, 6) is -0.0439. The number of hydrogen-bond donors (Lipinski definition) is 1. The molecular formula is C20H22ClNO. The zero-order valence-corrected chi connectivity index (χ0v) is 14.4. The number of halogens is 1. The van der Waals surface area contributed by atoms with Crippen LogP contribution in [0.2, 0.25) is 5.02 Å². The van der Waals surface area contributed by atoms with Gasteiger partial charge in [-0.15, -0.1) is 6.58 Å². The lowest BCUT2D eigenvalue weighted by Crippen LogP contribution is -2.36. The van der Waals surface area contributed by atoms with Crippen LogP contribution in [0, 0.1) is 13.8 Å². The monoisotopic (exact) mass is 327 g/mol. The Balaban J connectivity index is 2.10. The first-order valence-corrected chi connectivity index (χ1v) is 8.10. The molecule has 23 heavy (non-hydrogen) atoms. The molecule has 120 valence electrons. The first-order chi connectivity index (χ1) is 11.0. The summed E-state index contributed by atoms with van der Waals surface area (Å²) >= 11 is 5.92. The number of aryl methyl sites for hydroxylation is 2. The standard InChI is InChI=1S/C20H22ClNO/c1-4-5-19(13-16-6-8-18(21)9-7-16)22-20(23)17-11-14(2)10-15(3)12-17/h4,6-12,19H,1,5,13H2,2-3H3,(H,22,23). The number of nitrogens with one attached hydrogen (secondary N) is 1. The lowest BCUT2D eigenvalue weighted by atomic mass is 10.0. The summed E-state index contributed by atoms with van der Waals surface area (Å²) in [6.45, 7) is 7.79. The maximum absolute atomic E-state index is 12.5. The van der Waals surface area contributed by atoms with Crippen molar-refractivity contribution in [1.82, 2.24) is 5.32 Å². The Morgan fingerprint density at radius 2 is 1.78 bits per heavy atom. The van der Waals surface area contributed by atoms with Crippen LogP contribution in [0.5, 0.6) is 0 Å². The van der Waals surface area contributed by atoms with Crippen LogP contribution in [0.1, 0.15) is 33.5 Å². The molecule has 2 rings (SSSR count). The Bertz CT molecular complexity index is 671.